The van der Waals surface area contributed by atoms with Crippen LogP contribution in [0.15, 0.2) is 36.4 Å². The van der Waals surface area contributed by atoms with Crippen LogP contribution in [0.3, 0.4) is 0 Å². The van der Waals surface area contributed by atoms with Gasteiger partial charge in [-0.15, -0.1) is 0 Å². The van der Waals surface area contributed by atoms with E-state index < -0.39 is 21.5 Å². The molecule has 1 aliphatic rings. The smallest absolute Gasteiger partial charge is 0.159 e. The van der Waals surface area contributed by atoms with Gasteiger partial charge in [0.1, 0.15) is 9.84 Å². The highest BCUT2D eigenvalue weighted by molar-refractivity contribution is 7.91. The number of aryl methyl sites for hydroxylation is 2. The van der Waals surface area contributed by atoms with E-state index >= 15 is 0 Å². The average molecular weight is 436 g/mol. The van der Waals surface area contributed by atoms with Crippen molar-refractivity contribution in [2.45, 2.75) is 63.8 Å². The minimum atomic E-state index is -2.93. The molecule has 0 saturated heterocycles. The SMILES string of the molecule is CCCS(=O)(=O)CCCCc1ccc2c(c1)C(Cc1ccc(F)c(F)c1)C(N)CC2. The van der Waals surface area contributed by atoms with Gasteiger partial charge in [0, 0.05) is 17.7 Å². The van der Waals surface area contributed by atoms with Gasteiger partial charge in [-0.1, -0.05) is 31.2 Å². The second kappa shape index (κ2) is 10.0. The molecule has 0 bridgehead atoms. The second-order valence-electron chi connectivity index (χ2n) is 8.40. The summed E-state index contributed by atoms with van der Waals surface area (Å²) in [5.74, 6) is -1.10. The Kier molecular flexibility index (Phi) is 7.64. The zero-order valence-corrected chi connectivity index (χ0v) is 18.4. The minimum Gasteiger partial charge on any atom is -0.327 e. The van der Waals surface area contributed by atoms with Crippen LogP contribution in [-0.4, -0.2) is 26.0 Å². The van der Waals surface area contributed by atoms with E-state index in [4.69, 9.17) is 5.73 Å². The summed E-state index contributed by atoms with van der Waals surface area (Å²) in [7, 11) is -2.93. The lowest BCUT2D eigenvalue weighted by atomic mass is 9.76. The number of rotatable bonds is 9. The number of fused-ring (bicyclic) bond motifs is 1. The van der Waals surface area contributed by atoms with Gasteiger partial charge in [0.25, 0.3) is 0 Å². The van der Waals surface area contributed by atoms with E-state index in [2.05, 4.69) is 18.2 Å². The predicted octanol–water partition coefficient (Wildman–Crippen LogP) is 4.71. The summed E-state index contributed by atoms with van der Waals surface area (Å²) in [5.41, 5.74) is 10.8. The highest BCUT2D eigenvalue weighted by Crippen LogP contribution is 2.34. The highest BCUT2D eigenvalue weighted by atomic mass is 32.2. The van der Waals surface area contributed by atoms with Crippen LogP contribution in [0.25, 0.3) is 0 Å². The first-order valence-corrected chi connectivity index (χ1v) is 12.6. The van der Waals surface area contributed by atoms with Crippen molar-refractivity contribution in [3.8, 4) is 0 Å². The van der Waals surface area contributed by atoms with E-state index in [1.807, 2.05) is 6.92 Å². The lowest BCUT2D eigenvalue weighted by molar-refractivity contribution is 0.463. The lowest BCUT2D eigenvalue weighted by Gasteiger charge is -2.32. The lowest BCUT2D eigenvalue weighted by Crippen LogP contribution is -2.34. The maximum Gasteiger partial charge on any atom is 0.159 e. The molecule has 30 heavy (non-hydrogen) atoms. The molecule has 2 aromatic rings. The normalized spacial score (nSPS) is 18.9. The second-order valence-corrected chi connectivity index (χ2v) is 10.7. The molecule has 2 unspecified atom stereocenters. The number of unbranched alkanes of at least 4 members (excludes halogenated alkanes) is 1. The molecule has 0 aliphatic heterocycles. The summed E-state index contributed by atoms with van der Waals surface area (Å²) in [6, 6.07) is 10.5. The Labute approximate surface area is 178 Å². The molecule has 3 rings (SSSR count). The number of hydrogen-bond acceptors (Lipinski definition) is 3. The molecule has 0 aromatic heterocycles. The first kappa shape index (κ1) is 22.9. The summed E-state index contributed by atoms with van der Waals surface area (Å²) in [6.45, 7) is 1.88. The van der Waals surface area contributed by atoms with Gasteiger partial charge in [-0.3, -0.25) is 0 Å². The summed E-state index contributed by atoms with van der Waals surface area (Å²) < 4.78 is 50.7. The van der Waals surface area contributed by atoms with E-state index in [-0.39, 0.29) is 23.5 Å². The third-order valence-electron chi connectivity index (χ3n) is 6.00. The molecule has 0 amide bonds. The number of hydrogen-bond donors (Lipinski definition) is 1. The molecule has 3 nitrogen and oxygen atoms in total. The van der Waals surface area contributed by atoms with Gasteiger partial charge in [0.05, 0.1) is 5.75 Å². The maximum atomic E-state index is 13.6. The molecule has 2 N–H and O–H groups in total. The fourth-order valence-electron chi connectivity index (χ4n) is 4.37. The van der Waals surface area contributed by atoms with Crippen molar-refractivity contribution in [3.63, 3.8) is 0 Å². The van der Waals surface area contributed by atoms with E-state index in [0.717, 1.165) is 31.2 Å². The van der Waals surface area contributed by atoms with E-state index in [9.17, 15) is 17.2 Å². The first-order chi connectivity index (χ1) is 14.3. The first-order valence-electron chi connectivity index (χ1n) is 10.8. The third-order valence-corrected chi connectivity index (χ3v) is 7.94. The fourth-order valence-corrected chi connectivity index (χ4v) is 5.84. The Bertz CT molecular complexity index is 975. The van der Waals surface area contributed by atoms with Crippen LogP contribution < -0.4 is 5.73 Å². The monoisotopic (exact) mass is 435 g/mol. The molecule has 0 heterocycles. The topological polar surface area (TPSA) is 60.2 Å². The van der Waals surface area contributed by atoms with Gasteiger partial charge in [0.15, 0.2) is 11.6 Å². The Morgan fingerprint density at radius 2 is 1.77 bits per heavy atom. The molecular formula is C24H31F2NO2S. The Morgan fingerprint density at radius 3 is 2.50 bits per heavy atom. The highest BCUT2D eigenvalue weighted by Gasteiger charge is 2.27. The van der Waals surface area contributed by atoms with Gasteiger partial charge in [0.2, 0.25) is 0 Å². The van der Waals surface area contributed by atoms with E-state index in [0.29, 0.717) is 19.3 Å². The van der Waals surface area contributed by atoms with Crippen LogP contribution in [0, 0.1) is 11.6 Å². The maximum absolute atomic E-state index is 13.6. The standard InChI is InChI=1S/C24H31F2NO2S/c1-2-12-30(28,29)13-4-3-5-17-6-8-19-9-11-24(27)21(20(19)14-17)15-18-7-10-22(25)23(26)16-18/h6-8,10,14,16,21,24H,2-5,9,11-13,15,27H2,1H3. The summed E-state index contributed by atoms with van der Waals surface area (Å²) in [4.78, 5) is 0. The van der Waals surface area contributed by atoms with Crippen molar-refractivity contribution in [2.75, 3.05) is 11.5 Å². The van der Waals surface area contributed by atoms with Crippen molar-refractivity contribution < 1.29 is 17.2 Å². The largest absolute Gasteiger partial charge is 0.327 e. The molecule has 2 aromatic carbocycles. The summed E-state index contributed by atoms with van der Waals surface area (Å²) >= 11 is 0. The Balaban J connectivity index is 1.69. The van der Waals surface area contributed by atoms with Gasteiger partial charge in [-0.25, -0.2) is 17.2 Å². The number of halogens is 2. The molecular weight excluding hydrogens is 404 g/mol. The molecule has 0 saturated carbocycles. The van der Waals surface area contributed by atoms with E-state index in [1.54, 1.807) is 6.07 Å². The number of benzene rings is 2. The number of nitrogens with two attached hydrogens (primary N) is 1. The molecule has 2 atom stereocenters. The van der Waals surface area contributed by atoms with Crippen molar-refractivity contribution in [3.05, 3.63) is 70.3 Å². The molecule has 1 aliphatic carbocycles. The molecule has 0 radical (unpaired) electrons. The van der Waals surface area contributed by atoms with Gasteiger partial charge < -0.3 is 5.73 Å². The van der Waals surface area contributed by atoms with Crippen LogP contribution in [0.2, 0.25) is 0 Å². The van der Waals surface area contributed by atoms with Crippen molar-refractivity contribution >= 4 is 9.84 Å². The zero-order chi connectivity index (χ0) is 21.7. The quantitative estimate of drug-likeness (QED) is 0.580. The summed E-state index contributed by atoms with van der Waals surface area (Å²) in [6.07, 6.45) is 5.33. The van der Waals surface area contributed by atoms with Crippen molar-refractivity contribution in [1.29, 1.82) is 0 Å². The van der Waals surface area contributed by atoms with Crippen LogP contribution in [0.1, 0.15) is 60.8 Å². The van der Waals surface area contributed by atoms with Crippen LogP contribution in [0.5, 0.6) is 0 Å². The van der Waals surface area contributed by atoms with Crippen LogP contribution >= 0.6 is 0 Å². The third kappa shape index (κ3) is 5.88. The van der Waals surface area contributed by atoms with Gasteiger partial charge >= 0.3 is 0 Å². The summed E-state index contributed by atoms with van der Waals surface area (Å²) in [5, 5.41) is 0. The van der Waals surface area contributed by atoms with Crippen LogP contribution in [0.4, 0.5) is 8.78 Å². The molecule has 0 spiro atoms. The number of sulfone groups is 1. The van der Waals surface area contributed by atoms with E-state index in [1.165, 1.54) is 28.8 Å². The molecule has 0 fully saturated rings. The Hall–Kier alpha value is -1.79. The van der Waals surface area contributed by atoms with Gasteiger partial charge in [-0.2, -0.15) is 0 Å². The Morgan fingerprint density at radius 1 is 1.00 bits per heavy atom. The average Bonchev–Trinajstić information content (AvgIpc) is 2.70. The van der Waals surface area contributed by atoms with Crippen molar-refractivity contribution in [2.24, 2.45) is 5.73 Å². The van der Waals surface area contributed by atoms with Crippen molar-refractivity contribution in [1.82, 2.24) is 0 Å². The fraction of sp³-hybridized carbons (Fsp3) is 0.500. The molecule has 6 heteroatoms. The predicted molar refractivity (Wildman–Crippen MR) is 117 cm³/mol. The van der Waals surface area contributed by atoms with Gasteiger partial charge in [-0.05, 0) is 79.3 Å². The minimum absolute atomic E-state index is 0.0277. The zero-order valence-electron chi connectivity index (χ0n) is 17.5. The van der Waals surface area contributed by atoms with Crippen LogP contribution in [-0.2, 0) is 29.1 Å². The molecule has 164 valence electrons.